The molecule has 4 heteroatoms. The minimum absolute atomic E-state index is 0.0664. The smallest absolute Gasteiger partial charge is 0.242 e. The maximum Gasteiger partial charge on any atom is 0.242 e. The second kappa shape index (κ2) is 4.37. The molecule has 0 fully saturated rings. The molecule has 1 amide bonds. The van der Waals surface area contributed by atoms with Crippen molar-refractivity contribution in [3.8, 4) is 0 Å². The van der Waals surface area contributed by atoms with Gasteiger partial charge in [-0.3, -0.25) is 4.79 Å². The van der Waals surface area contributed by atoms with Gasteiger partial charge in [-0.1, -0.05) is 18.2 Å². The number of carbonyl (C=O) groups is 1. The molecule has 4 nitrogen and oxygen atoms in total. The molecule has 0 saturated carbocycles. The van der Waals surface area contributed by atoms with Gasteiger partial charge in [-0.25, -0.2) is 0 Å². The predicted octanol–water partition coefficient (Wildman–Crippen LogP) is 0.910. The van der Waals surface area contributed by atoms with Crippen LogP contribution >= 0.6 is 0 Å². The number of nitrogens with one attached hydrogen (secondary N) is 2. The molecule has 1 heterocycles. The van der Waals surface area contributed by atoms with E-state index in [1.165, 1.54) is 0 Å². The molecular formula is C13H18N2O2. The summed E-state index contributed by atoms with van der Waals surface area (Å²) in [6.45, 7) is 3.61. The van der Waals surface area contributed by atoms with Gasteiger partial charge in [0.1, 0.15) is 6.04 Å². The fraction of sp³-hybridized carbons (Fsp3) is 0.462. The second-order valence-corrected chi connectivity index (χ2v) is 5.09. The minimum atomic E-state index is -0.874. The Morgan fingerprint density at radius 2 is 2.24 bits per heavy atom. The fourth-order valence-corrected chi connectivity index (χ4v) is 1.88. The number of para-hydroxylation sites is 1. The van der Waals surface area contributed by atoms with Gasteiger partial charge in [-0.15, -0.1) is 0 Å². The molecule has 3 N–H and O–H groups in total. The molecule has 0 spiro atoms. The Hall–Kier alpha value is -1.55. The van der Waals surface area contributed by atoms with Crippen molar-refractivity contribution < 1.29 is 9.90 Å². The quantitative estimate of drug-likeness (QED) is 0.728. The van der Waals surface area contributed by atoms with Crippen LogP contribution in [0.1, 0.15) is 19.4 Å². The van der Waals surface area contributed by atoms with Crippen LogP contribution in [0.15, 0.2) is 24.3 Å². The van der Waals surface area contributed by atoms with Gasteiger partial charge < -0.3 is 15.7 Å². The molecule has 0 radical (unpaired) electrons. The molecule has 2 rings (SSSR count). The number of rotatable bonds is 3. The van der Waals surface area contributed by atoms with E-state index in [-0.39, 0.29) is 18.5 Å². The van der Waals surface area contributed by atoms with Crippen molar-refractivity contribution in [1.82, 2.24) is 5.32 Å². The molecule has 1 aromatic rings. The van der Waals surface area contributed by atoms with Crippen LogP contribution in [0.5, 0.6) is 0 Å². The molecule has 1 unspecified atom stereocenters. The van der Waals surface area contributed by atoms with Crippen molar-refractivity contribution in [2.24, 2.45) is 0 Å². The van der Waals surface area contributed by atoms with E-state index < -0.39 is 5.60 Å². The lowest BCUT2D eigenvalue weighted by molar-refractivity contribution is -0.122. The normalized spacial score (nSPS) is 18.4. The Labute approximate surface area is 101 Å². The van der Waals surface area contributed by atoms with Crippen LogP contribution in [0, 0.1) is 0 Å². The van der Waals surface area contributed by atoms with Crippen molar-refractivity contribution in [1.29, 1.82) is 0 Å². The highest BCUT2D eigenvalue weighted by atomic mass is 16.3. The third-order valence-electron chi connectivity index (χ3n) is 2.78. The number of hydrogen-bond acceptors (Lipinski definition) is 3. The highest BCUT2D eigenvalue weighted by Gasteiger charge is 2.27. The standard InChI is InChI=1S/C13H18N2O2/c1-13(2,17)8-14-12(16)11-7-9-5-3-4-6-10(9)15-11/h3-6,11,15,17H,7-8H2,1-2H3,(H,14,16). The highest BCUT2D eigenvalue weighted by molar-refractivity contribution is 5.87. The second-order valence-electron chi connectivity index (χ2n) is 5.09. The number of hydrogen-bond donors (Lipinski definition) is 3. The molecule has 1 aliphatic heterocycles. The van der Waals surface area contributed by atoms with E-state index in [0.29, 0.717) is 6.42 Å². The molecule has 0 aromatic heterocycles. The number of benzene rings is 1. The number of aliphatic hydroxyl groups is 1. The van der Waals surface area contributed by atoms with Crippen LogP contribution < -0.4 is 10.6 Å². The summed E-state index contributed by atoms with van der Waals surface area (Å²) in [4.78, 5) is 11.9. The topological polar surface area (TPSA) is 61.4 Å². The third-order valence-corrected chi connectivity index (χ3v) is 2.78. The predicted molar refractivity (Wildman–Crippen MR) is 66.9 cm³/mol. The zero-order chi connectivity index (χ0) is 12.5. The molecule has 0 bridgehead atoms. The van der Waals surface area contributed by atoms with E-state index in [2.05, 4.69) is 10.6 Å². The zero-order valence-electron chi connectivity index (χ0n) is 10.2. The molecule has 92 valence electrons. The first-order valence-corrected chi connectivity index (χ1v) is 5.80. The Balaban J connectivity index is 1.92. The van der Waals surface area contributed by atoms with Gasteiger partial charge in [0.25, 0.3) is 0 Å². The van der Waals surface area contributed by atoms with Crippen molar-refractivity contribution in [2.75, 3.05) is 11.9 Å². The minimum Gasteiger partial charge on any atom is -0.389 e. The van der Waals surface area contributed by atoms with Gasteiger partial charge in [-0.2, -0.15) is 0 Å². The number of anilines is 1. The zero-order valence-corrected chi connectivity index (χ0v) is 10.2. The van der Waals surface area contributed by atoms with Gasteiger partial charge in [0.15, 0.2) is 0 Å². The molecule has 0 saturated heterocycles. The third kappa shape index (κ3) is 2.97. The number of fused-ring (bicyclic) bond motifs is 1. The van der Waals surface area contributed by atoms with E-state index in [0.717, 1.165) is 11.3 Å². The van der Waals surface area contributed by atoms with Crippen LogP contribution in [0.2, 0.25) is 0 Å². The summed E-state index contributed by atoms with van der Waals surface area (Å²) >= 11 is 0. The average Bonchev–Trinajstić information content (AvgIpc) is 2.68. The summed E-state index contributed by atoms with van der Waals surface area (Å²) in [6.07, 6.45) is 0.702. The largest absolute Gasteiger partial charge is 0.389 e. The van der Waals surface area contributed by atoms with Gasteiger partial charge >= 0.3 is 0 Å². The van der Waals surface area contributed by atoms with Crippen molar-refractivity contribution >= 4 is 11.6 Å². The Bertz CT molecular complexity index is 399. The first-order chi connectivity index (χ1) is 7.96. The lowest BCUT2D eigenvalue weighted by atomic mass is 10.1. The van der Waals surface area contributed by atoms with E-state index in [4.69, 9.17) is 0 Å². The maximum absolute atomic E-state index is 11.9. The van der Waals surface area contributed by atoms with Crippen LogP contribution in [-0.2, 0) is 11.2 Å². The van der Waals surface area contributed by atoms with Crippen LogP contribution in [0.4, 0.5) is 5.69 Å². The maximum atomic E-state index is 11.9. The van der Waals surface area contributed by atoms with E-state index >= 15 is 0 Å². The van der Waals surface area contributed by atoms with Crippen LogP contribution in [0.25, 0.3) is 0 Å². The first kappa shape index (κ1) is 11.9. The highest BCUT2D eigenvalue weighted by Crippen LogP contribution is 2.25. The van der Waals surface area contributed by atoms with E-state index in [9.17, 15) is 9.90 Å². The summed E-state index contributed by atoms with van der Waals surface area (Å²) in [7, 11) is 0. The summed E-state index contributed by atoms with van der Waals surface area (Å²) in [5.41, 5.74) is 1.31. The van der Waals surface area contributed by atoms with Gasteiger partial charge in [0.05, 0.1) is 5.60 Å². The molecular weight excluding hydrogens is 216 g/mol. The van der Waals surface area contributed by atoms with Gasteiger partial charge in [-0.05, 0) is 25.5 Å². The van der Waals surface area contributed by atoms with Crippen LogP contribution in [-0.4, -0.2) is 29.2 Å². The van der Waals surface area contributed by atoms with Gasteiger partial charge in [0.2, 0.25) is 5.91 Å². The Kier molecular flexibility index (Phi) is 3.07. The first-order valence-electron chi connectivity index (χ1n) is 5.80. The molecule has 17 heavy (non-hydrogen) atoms. The summed E-state index contributed by atoms with van der Waals surface area (Å²) in [5, 5.41) is 15.5. The molecule has 1 atom stereocenters. The van der Waals surface area contributed by atoms with Crippen molar-refractivity contribution in [2.45, 2.75) is 31.9 Å². The summed E-state index contributed by atoms with van der Waals surface area (Å²) < 4.78 is 0. The summed E-state index contributed by atoms with van der Waals surface area (Å²) in [6, 6.07) is 7.68. The van der Waals surface area contributed by atoms with E-state index in [1.54, 1.807) is 13.8 Å². The fourth-order valence-electron chi connectivity index (χ4n) is 1.88. The molecule has 0 aliphatic carbocycles. The Morgan fingerprint density at radius 1 is 1.53 bits per heavy atom. The monoisotopic (exact) mass is 234 g/mol. The van der Waals surface area contributed by atoms with Crippen molar-refractivity contribution in [3.63, 3.8) is 0 Å². The average molecular weight is 234 g/mol. The number of carbonyl (C=O) groups excluding carboxylic acids is 1. The number of amides is 1. The van der Waals surface area contributed by atoms with Gasteiger partial charge in [0, 0.05) is 18.7 Å². The molecule has 1 aromatic carbocycles. The van der Waals surface area contributed by atoms with Crippen LogP contribution in [0.3, 0.4) is 0 Å². The lowest BCUT2D eigenvalue weighted by Crippen LogP contribution is -2.44. The van der Waals surface area contributed by atoms with E-state index in [1.807, 2.05) is 24.3 Å². The summed E-state index contributed by atoms with van der Waals surface area (Å²) in [5.74, 6) is -0.0664. The lowest BCUT2D eigenvalue weighted by Gasteiger charge is -2.19. The molecule has 1 aliphatic rings. The van der Waals surface area contributed by atoms with Crippen molar-refractivity contribution in [3.05, 3.63) is 29.8 Å². The SMILES string of the molecule is CC(C)(O)CNC(=O)C1Cc2ccccc2N1. The Morgan fingerprint density at radius 3 is 2.88 bits per heavy atom.